The molecule has 0 spiro atoms. The van der Waals surface area contributed by atoms with Crippen molar-refractivity contribution in [3.8, 4) is 5.75 Å². The van der Waals surface area contributed by atoms with E-state index in [-0.39, 0.29) is 23.8 Å². The molecule has 3 rings (SSSR count). The van der Waals surface area contributed by atoms with Gasteiger partial charge in [0.25, 0.3) is 0 Å². The maximum absolute atomic E-state index is 13.5. The maximum atomic E-state index is 13.5. The van der Waals surface area contributed by atoms with E-state index in [1.165, 1.54) is 17.0 Å². The molecular weight excluding hydrogens is 339 g/mol. The second-order valence-corrected chi connectivity index (χ2v) is 6.67. The van der Waals surface area contributed by atoms with E-state index in [4.69, 9.17) is 4.74 Å². The Kier molecular flexibility index (Phi) is 5.73. The first-order valence-corrected chi connectivity index (χ1v) is 8.87. The van der Waals surface area contributed by atoms with Gasteiger partial charge in [0.15, 0.2) is 0 Å². The van der Waals surface area contributed by atoms with Gasteiger partial charge in [0.2, 0.25) is 5.91 Å². The van der Waals surface area contributed by atoms with E-state index >= 15 is 0 Å². The molecule has 1 atom stereocenters. The number of carbonyl (C=O) groups is 2. The smallest absolute Gasteiger partial charge is 0.324 e. The van der Waals surface area contributed by atoms with Crippen LogP contribution in [0.1, 0.15) is 12.5 Å². The van der Waals surface area contributed by atoms with Crippen LogP contribution in [-0.4, -0.2) is 79.1 Å². The monoisotopic (exact) mass is 364 g/mol. The summed E-state index contributed by atoms with van der Waals surface area (Å²) in [7, 11) is 1.58. The van der Waals surface area contributed by atoms with E-state index in [0.29, 0.717) is 25.4 Å². The predicted molar refractivity (Wildman–Crippen MR) is 94.4 cm³/mol. The number of halogens is 1. The van der Waals surface area contributed by atoms with Crippen molar-refractivity contribution in [2.24, 2.45) is 0 Å². The van der Waals surface area contributed by atoms with Gasteiger partial charge in [0, 0.05) is 51.4 Å². The van der Waals surface area contributed by atoms with Crippen molar-refractivity contribution < 1.29 is 18.7 Å². The summed E-state index contributed by atoms with van der Waals surface area (Å²) >= 11 is 0. The van der Waals surface area contributed by atoms with Gasteiger partial charge in [-0.25, -0.2) is 9.18 Å². The molecule has 1 aromatic rings. The van der Waals surface area contributed by atoms with Crippen molar-refractivity contribution in [1.82, 2.24) is 20.0 Å². The fraction of sp³-hybridized carbons (Fsp3) is 0.556. The fourth-order valence-electron chi connectivity index (χ4n) is 3.48. The minimum Gasteiger partial charge on any atom is -0.496 e. The number of amides is 3. The zero-order chi connectivity index (χ0) is 18.7. The Morgan fingerprint density at radius 2 is 2.00 bits per heavy atom. The SMILES string of the molecule is COc1ccc(F)cc1CN1CCN([C@@H](C)C(=O)N2CCNC2=O)CC1. The molecule has 0 radical (unpaired) electrons. The summed E-state index contributed by atoms with van der Waals surface area (Å²) < 4.78 is 18.8. The van der Waals surface area contributed by atoms with Crippen LogP contribution in [0.2, 0.25) is 0 Å². The number of hydrogen-bond acceptors (Lipinski definition) is 5. The Labute approximate surface area is 152 Å². The number of urea groups is 1. The molecule has 1 N–H and O–H groups in total. The lowest BCUT2D eigenvalue weighted by molar-refractivity contribution is -0.133. The van der Waals surface area contributed by atoms with Crippen LogP contribution < -0.4 is 10.1 Å². The van der Waals surface area contributed by atoms with Crippen molar-refractivity contribution in [3.63, 3.8) is 0 Å². The number of methoxy groups -OCH3 is 1. The van der Waals surface area contributed by atoms with Gasteiger partial charge in [0.05, 0.1) is 13.2 Å². The Morgan fingerprint density at radius 1 is 1.27 bits per heavy atom. The summed E-state index contributed by atoms with van der Waals surface area (Å²) in [6.07, 6.45) is 0. The lowest BCUT2D eigenvalue weighted by Gasteiger charge is -2.38. The van der Waals surface area contributed by atoms with Crippen LogP contribution in [0.15, 0.2) is 18.2 Å². The highest BCUT2D eigenvalue weighted by molar-refractivity contribution is 5.98. The highest BCUT2D eigenvalue weighted by Crippen LogP contribution is 2.22. The maximum Gasteiger partial charge on any atom is 0.324 e. The van der Waals surface area contributed by atoms with Gasteiger partial charge in [-0.3, -0.25) is 19.5 Å². The van der Waals surface area contributed by atoms with Gasteiger partial charge in [-0.1, -0.05) is 0 Å². The number of piperazine rings is 1. The van der Waals surface area contributed by atoms with Crippen LogP contribution in [0.3, 0.4) is 0 Å². The zero-order valence-electron chi connectivity index (χ0n) is 15.2. The zero-order valence-corrected chi connectivity index (χ0v) is 15.2. The van der Waals surface area contributed by atoms with Crippen molar-refractivity contribution >= 4 is 11.9 Å². The molecule has 0 unspecified atom stereocenters. The topological polar surface area (TPSA) is 65.1 Å². The molecule has 142 valence electrons. The molecule has 26 heavy (non-hydrogen) atoms. The Balaban J connectivity index is 1.55. The van der Waals surface area contributed by atoms with E-state index in [1.807, 2.05) is 6.92 Å². The van der Waals surface area contributed by atoms with E-state index in [1.54, 1.807) is 13.2 Å². The van der Waals surface area contributed by atoms with Crippen LogP contribution >= 0.6 is 0 Å². The largest absolute Gasteiger partial charge is 0.496 e. The number of imide groups is 1. The van der Waals surface area contributed by atoms with Gasteiger partial charge in [-0.05, 0) is 25.1 Å². The Morgan fingerprint density at radius 3 is 2.62 bits per heavy atom. The molecule has 0 aliphatic carbocycles. The molecule has 2 aliphatic heterocycles. The quantitative estimate of drug-likeness (QED) is 0.841. The van der Waals surface area contributed by atoms with E-state index in [2.05, 4.69) is 15.1 Å². The summed E-state index contributed by atoms with van der Waals surface area (Å²) in [5.41, 5.74) is 0.818. The molecule has 2 fully saturated rings. The highest BCUT2D eigenvalue weighted by Gasteiger charge is 2.33. The third kappa shape index (κ3) is 3.96. The van der Waals surface area contributed by atoms with Crippen LogP contribution in [-0.2, 0) is 11.3 Å². The summed E-state index contributed by atoms with van der Waals surface area (Å²) in [6, 6.07) is 3.90. The molecule has 0 bridgehead atoms. The average Bonchev–Trinajstić information content (AvgIpc) is 3.07. The van der Waals surface area contributed by atoms with Crippen molar-refractivity contribution in [2.75, 3.05) is 46.4 Å². The third-order valence-corrected chi connectivity index (χ3v) is 5.07. The molecular formula is C18H25FN4O3. The van der Waals surface area contributed by atoms with Gasteiger partial charge in [-0.2, -0.15) is 0 Å². The second-order valence-electron chi connectivity index (χ2n) is 6.67. The second kappa shape index (κ2) is 8.01. The first kappa shape index (κ1) is 18.6. The summed E-state index contributed by atoms with van der Waals surface area (Å²) in [5, 5.41) is 2.65. The van der Waals surface area contributed by atoms with Crippen molar-refractivity contribution in [2.45, 2.75) is 19.5 Å². The predicted octanol–water partition coefficient (Wildman–Crippen LogP) is 0.892. The van der Waals surface area contributed by atoms with Gasteiger partial charge < -0.3 is 10.1 Å². The molecule has 0 aromatic heterocycles. The van der Waals surface area contributed by atoms with Crippen LogP contribution in [0.5, 0.6) is 5.75 Å². The standard InChI is InChI=1S/C18H25FN4O3/c1-13(17(24)23-6-5-20-18(23)25)22-9-7-21(8-10-22)12-14-11-15(19)3-4-16(14)26-2/h3-4,11,13H,5-10,12H2,1-2H3,(H,20,25)/t13-/m0/s1. The first-order valence-electron chi connectivity index (χ1n) is 8.87. The number of benzene rings is 1. The Bertz CT molecular complexity index is 676. The number of rotatable bonds is 5. The summed E-state index contributed by atoms with van der Waals surface area (Å²) in [5.74, 6) is 0.250. The molecule has 8 heteroatoms. The molecule has 2 aliphatic rings. The average molecular weight is 364 g/mol. The third-order valence-electron chi connectivity index (χ3n) is 5.07. The number of ether oxygens (including phenoxy) is 1. The summed E-state index contributed by atoms with van der Waals surface area (Å²) in [6.45, 7) is 6.37. The summed E-state index contributed by atoms with van der Waals surface area (Å²) in [4.78, 5) is 29.8. The van der Waals surface area contributed by atoms with Crippen LogP contribution in [0, 0.1) is 5.82 Å². The van der Waals surface area contributed by atoms with E-state index in [9.17, 15) is 14.0 Å². The molecule has 7 nitrogen and oxygen atoms in total. The van der Waals surface area contributed by atoms with Gasteiger partial charge in [-0.15, -0.1) is 0 Å². The minimum absolute atomic E-state index is 0.153. The van der Waals surface area contributed by atoms with Gasteiger partial charge >= 0.3 is 6.03 Å². The van der Waals surface area contributed by atoms with Gasteiger partial charge in [0.1, 0.15) is 11.6 Å². The van der Waals surface area contributed by atoms with Crippen LogP contribution in [0.25, 0.3) is 0 Å². The Hall–Kier alpha value is -2.19. The minimum atomic E-state index is -0.329. The number of nitrogens with zero attached hydrogens (tertiary/aromatic N) is 3. The number of nitrogens with one attached hydrogen (secondary N) is 1. The molecule has 2 saturated heterocycles. The normalized spacial score (nSPS) is 20.1. The highest BCUT2D eigenvalue weighted by atomic mass is 19.1. The van der Waals surface area contributed by atoms with Crippen molar-refractivity contribution in [3.05, 3.63) is 29.6 Å². The first-order chi connectivity index (χ1) is 12.5. The number of carbonyl (C=O) groups excluding carboxylic acids is 2. The lowest BCUT2D eigenvalue weighted by atomic mass is 10.1. The van der Waals surface area contributed by atoms with Crippen molar-refractivity contribution in [1.29, 1.82) is 0 Å². The molecule has 0 saturated carbocycles. The molecule has 1 aromatic carbocycles. The fourth-order valence-corrected chi connectivity index (χ4v) is 3.48. The molecule has 3 amide bonds. The van der Waals surface area contributed by atoms with Crippen LogP contribution in [0.4, 0.5) is 9.18 Å². The number of hydrogen-bond donors (Lipinski definition) is 1. The molecule has 2 heterocycles. The van der Waals surface area contributed by atoms with E-state index < -0.39 is 0 Å². The lowest BCUT2D eigenvalue weighted by Crippen LogP contribution is -2.54. The van der Waals surface area contributed by atoms with E-state index in [0.717, 1.165) is 31.7 Å².